The molecule has 152 valence electrons. The maximum absolute atomic E-state index is 13.2. The van der Waals surface area contributed by atoms with E-state index in [0.29, 0.717) is 11.7 Å². The van der Waals surface area contributed by atoms with Crippen LogP contribution in [0.2, 0.25) is 0 Å². The molecule has 0 spiro atoms. The summed E-state index contributed by atoms with van der Waals surface area (Å²) in [5.41, 5.74) is 1.05. The van der Waals surface area contributed by atoms with Gasteiger partial charge >= 0.3 is 6.03 Å². The molecule has 2 aromatic heterocycles. The number of hydrogen-bond acceptors (Lipinski definition) is 6. The molecule has 0 aliphatic carbocycles. The van der Waals surface area contributed by atoms with Gasteiger partial charge in [0.2, 0.25) is 0 Å². The molecule has 29 heavy (non-hydrogen) atoms. The van der Waals surface area contributed by atoms with Crippen LogP contribution in [-0.4, -0.2) is 53.2 Å². The second-order valence-corrected chi connectivity index (χ2v) is 8.34. The lowest BCUT2D eigenvalue weighted by Crippen LogP contribution is -2.56. The van der Waals surface area contributed by atoms with E-state index in [4.69, 9.17) is 4.98 Å². The highest BCUT2D eigenvalue weighted by Gasteiger charge is 2.38. The van der Waals surface area contributed by atoms with Gasteiger partial charge in [-0.1, -0.05) is 6.92 Å². The smallest absolute Gasteiger partial charge is 0.329 e. The van der Waals surface area contributed by atoms with Crippen LogP contribution in [0.5, 0.6) is 0 Å². The Morgan fingerprint density at radius 2 is 1.97 bits per heavy atom. The molecule has 0 aromatic carbocycles. The number of pyridine rings is 1. The Hall–Kier alpha value is -2.90. The number of hydrogen-bond donors (Lipinski definition) is 1. The molecule has 1 unspecified atom stereocenters. The minimum Gasteiger partial charge on any atom is -0.366 e. The van der Waals surface area contributed by atoms with E-state index in [-0.39, 0.29) is 12.1 Å². The standard InChI is InChI=1S/C21H27N7O/c1-15-4-2-11-27(13-15)19-7-6-17-20(25-19)28(16-5-3-10-26(17)14-16)21(29)24-18-12-22-8-9-23-18/h6-9,12,15-16H,2-5,10-11,13-14H2,1H3,(H,23,24,29)/t15?,16-/m1/s1. The summed E-state index contributed by atoms with van der Waals surface area (Å²) < 4.78 is 0. The van der Waals surface area contributed by atoms with E-state index in [2.05, 4.69) is 44.1 Å². The van der Waals surface area contributed by atoms with Crippen molar-refractivity contribution in [2.75, 3.05) is 46.2 Å². The van der Waals surface area contributed by atoms with E-state index in [0.717, 1.165) is 56.3 Å². The minimum atomic E-state index is -0.185. The second-order valence-electron chi connectivity index (χ2n) is 8.34. The summed E-state index contributed by atoms with van der Waals surface area (Å²) in [5, 5.41) is 2.90. The second kappa shape index (κ2) is 7.50. The molecular weight excluding hydrogens is 366 g/mol. The molecule has 2 fully saturated rings. The number of urea groups is 1. The summed E-state index contributed by atoms with van der Waals surface area (Å²) >= 11 is 0. The van der Waals surface area contributed by atoms with Gasteiger partial charge < -0.3 is 9.80 Å². The van der Waals surface area contributed by atoms with Gasteiger partial charge in [-0.2, -0.15) is 0 Å². The number of nitrogens with one attached hydrogen (secondary N) is 1. The first-order chi connectivity index (χ1) is 14.2. The summed E-state index contributed by atoms with van der Waals surface area (Å²) in [4.78, 5) is 33.1. The Morgan fingerprint density at radius 3 is 2.79 bits per heavy atom. The first-order valence-electron chi connectivity index (χ1n) is 10.6. The molecule has 0 radical (unpaired) electrons. The summed E-state index contributed by atoms with van der Waals surface area (Å²) in [7, 11) is 0. The molecule has 3 aliphatic rings. The van der Waals surface area contributed by atoms with E-state index in [1.807, 2.05) is 4.90 Å². The lowest BCUT2D eigenvalue weighted by molar-refractivity contribution is 0.252. The lowest BCUT2D eigenvalue weighted by Gasteiger charge is -2.46. The third kappa shape index (κ3) is 3.47. The molecule has 5 rings (SSSR count). The van der Waals surface area contributed by atoms with Crippen molar-refractivity contribution in [2.24, 2.45) is 5.92 Å². The van der Waals surface area contributed by atoms with Crippen LogP contribution in [0.1, 0.15) is 32.6 Å². The van der Waals surface area contributed by atoms with Crippen molar-refractivity contribution in [2.45, 2.75) is 38.6 Å². The van der Waals surface area contributed by atoms with Gasteiger partial charge in [0.15, 0.2) is 11.6 Å². The molecule has 2 saturated heterocycles. The summed E-state index contributed by atoms with van der Waals surface area (Å²) in [6.07, 6.45) is 9.25. The zero-order chi connectivity index (χ0) is 19.8. The highest BCUT2D eigenvalue weighted by atomic mass is 16.2. The molecule has 5 heterocycles. The van der Waals surface area contributed by atoms with Crippen LogP contribution in [0.4, 0.5) is 27.9 Å². The largest absolute Gasteiger partial charge is 0.366 e. The van der Waals surface area contributed by atoms with E-state index in [9.17, 15) is 4.79 Å². The van der Waals surface area contributed by atoms with Crippen LogP contribution < -0.4 is 20.0 Å². The van der Waals surface area contributed by atoms with Crippen molar-refractivity contribution in [1.29, 1.82) is 0 Å². The molecule has 0 saturated carbocycles. The van der Waals surface area contributed by atoms with E-state index >= 15 is 0 Å². The Bertz CT molecular complexity index is 890. The molecule has 1 N–H and O–H groups in total. The van der Waals surface area contributed by atoms with Gasteiger partial charge in [-0.3, -0.25) is 15.2 Å². The summed E-state index contributed by atoms with van der Waals surface area (Å²) in [5.74, 6) is 2.85. The predicted octanol–water partition coefficient (Wildman–Crippen LogP) is 3.13. The number of piperidine rings is 2. The summed E-state index contributed by atoms with van der Waals surface area (Å²) in [6, 6.07) is 4.19. The van der Waals surface area contributed by atoms with Crippen LogP contribution in [0.25, 0.3) is 0 Å². The number of anilines is 4. The fourth-order valence-electron chi connectivity index (χ4n) is 4.78. The molecule has 2 bridgehead atoms. The van der Waals surface area contributed by atoms with Crippen molar-refractivity contribution in [3.8, 4) is 0 Å². The molecule has 2 aromatic rings. The normalized spacial score (nSPS) is 23.6. The highest BCUT2D eigenvalue weighted by Crippen LogP contribution is 2.39. The van der Waals surface area contributed by atoms with Gasteiger partial charge in [-0.05, 0) is 43.7 Å². The Morgan fingerprint density at radius 1 is 1.10 bits per heavy atom. The van der Waals surface area contributed by atoms with Gasteiger partial charge in [0.1, 0.15) is 5.82 Å². The topological polar surface area (TPSA) is 77.5 Å². The van der Waals surface area contributed by atoms with Gasteiger partial charge in [0.25, 0.3) is 0 Å². The molecule has 8 heteroatoms. The maximum atomic E-state index is 13.2. The molecule has 8 nitrogen and oxygen atoms in total. The van der Waals surface area contributed by atoms with Crippen molar-refractivity contribution in [1.82, 2.24) is 15.0 Å². The van der Waals surface area contributed by atoms with E-state index < -0.39 is 0 Å². The maximum Gasteiger partial charge on any atom is 0.329 e. The van der Waals surface area contributed by atoms with Crippen molar-refractivity contribution in [3.63, 3.8) is 0 Å². The fraction of sp³-hybridized carbons (Fsp3) is 0.524. The van der Waals surface area contributed by atoms with Crippen molar-refractivity contribution < 1.29 is 4.79 Å². The first kappa shape index (κ1) is 18.1. The van der Waals surface area contributed by atoms with E-state index in [1.165, 1.54) is 12.8 Å². The van der Waals surface area contributed by atoms with Gasteiger partial charge in [-0.25, -0.2) is 14.8 Å². The van der Waals surface area contributed by atoms with Gasteiger partial charge in [0.05, 0.1) is 17.9 Å². The third-order valence-corrected chi connectivity index (χ3v) is 6.17. The monoisotopic (exact) mass is 393 g/mol. The van der Waals surface area contributed by atoms with Crippen LogP contribution in [0.15, 0.2) is 30.7 Å². The quantitative estimate of drug-likeness (QED) is 0.845. The highest BCUT2D eigenvalue weighted by molar-refractivity contribution is 6.04. The number of aromatic nitrogens is 3. The van der Waals surface area contributed by atoms with Crippen LogP contribution in [0, 0.1) is 5.92 Å². The number of amides is 2. The van der Waals surface area contributed by atoms with Crippen LogP contribution in [0.3, 0.4) is 0 Å². The SMILES string of the molecule is CC1CCCN(c2ccc3c(n2)N(C(=O)Nc2cnccn2)[C@@H]2CCCN3C2)C1. The van der Waals surface area contributed by atoms with E-state index in [1.54, 1.807) is 18.6 Å². The van der Waals surface area contributed by atoms with Crippen molar-refractivity contribution in [3.05, 3.63) is 30.7 Å². The van der Waals surface area contributed by atoms with Gasteiger partial charge in [0, 0.05) is 38.6 Å². The zero-order valence-corrected chi connectivity index (χ0v) is 16.8. The minimum absolute atomic E-state index is 0.121. The number of fused-ring (bicyclic) bond motifs is 4. The van der Waals surface area contributed by atoms with Gasteiger partial charge in [-0.15, -0.1) is 0 Å². The molecule has 3 aliphatic heterocycles. The number of rotatable bonds is 2. The molecule has 2 atom stereocenters. The zero-order valence-electron chi connectivity index (χ0n) is 16.8. The Balaban J connectivity index is 1.49. The van der Waals surface area contributed by atoms with Crippen LogP contribution in [-0.2, 0) is 0 Å². The Labute approximate surface area is 171 Å². The lowest BCUT2D eigenvalue weighted by atomic mass is 9.99. The molecule has 2 amide bonds. The van der Waals surface area contributed by atoms with Crippen LogP contribution >= 0.6 is 0 Å². The Kier molecular flexibility index (Phi) is 4.69. The number of nitrogens with zero attached hydrogens (tertiary/aromatic N) is 6. The third-order valence-electron chi connectivity index (χ3n) is 6.17. The van der Waals surface area contributed by atoms with Crippen molar-refractivity contribution >= 4 is 29.2 Å². The number of carbonyl (C=O) groups is 1. The fourth-order valence-corrected chi connectivity index (χ4v) is 4.78. The predicted molar refractivity (Wildman–Crippen MR) is 114 cm³/mol. The summed E-state index contributed by atoms with van der Waals surface area (Å²) in [6.45, 7) is 6.20. The average Bonchev–Trinajstić information content (AvgIpc) is 2.74. The first-order valence-corrected chi connectivity index (χ1v) is 10.6. The number of carbonyl (C=O) groups excluding carboxylic acids is 1. The molecular formula is C21H27N7O. The average molecular weight is 393 g/mol.